The van der Waals surface area contributed by atoms with Crippen molar-refractivity contribution in [2.24, 2.45) is 5.92 Å². The molecule has 0 spiro atoms. The average molecular weight is 316 g/mol. The van der Waals surface area contributed by atoms with Gasteiger partial charge in [0, 0.05) is 11.6 Å². The maximum absolute atomic E-state index is 9.89. The predicted octanol–water partition coefficient (Wildman–Crippen LogP) is 2.73. The summed E-state index contributed by atoms with van der Waals surface area (Å²) in [5.74, 6) is 4.02. The van der Waals surface area contributed by atoms with Gasteiger partial charge in [-0.15, -0.1) is 0 Å². The SMILES string of the molecule is Cc1cc(OCC(O)CNCC2CCSC2)ccc1Cl. The van der Waals surface area contributed by atoms with Gasteiger partial charge in [-0.1, -0.05) is 11.6 Å². The molecule has 0 aliphatic carbocycles. The van der Waals surface area contributed by atoms with Crippen LogP contribution >= 0.6 is 23.4 Å². The van der Waals surface area contributed by atoms with E-state index in [2.05, 4.69) is 5.32 Å². The Hall–Kier alpha value is -0.420. The van der Waals surface area contributed by atoms with Crippen molar-refractivity contribution in [2.45, 2.75) is 19.4 Å². The Kier molecular flexibility index (Phi) is 6.49. The van der Waals surface area contributed by atoms with Gasteiger partial charge in [0.25, 0.3) is 0 Å². The Balaban J connectivity index is 1.63. The third-order valence-electron chi connectivity index (χ3n) is 3.41. The minimum atomic E-state index is -0.486. The van der Waals surface area contributed by atoms with Crippen LogP contribution in [-0.4, -0.2) is 42.4 Å². The molecule has 0 saturated carbocycles. The van der Waals surface area contributed by atoms with Crippen molar-refractivity contribution >= 4 is 23.4 Å². The number of ether oxygens (including phenoxy) is 1. The van der Waals surface area contributed by atoms with Gasteiger partial charge in [-0.25, -0.2) is 0 Å². The summed E-state index contributed by atoms with van der Waals surface area (Å²) in [5.41, 5.74) is 0.982. The van der Waals surface area contributed by atoms with E-state index >= 15 is 0 Å². The predicted molar refractivity (Wildman–Crippen MR) is 86.0 cm³/mol. The Morgan fingerprint density at radius 2 is 2.40 bits per heavy atom. The Labute approximate surface area is 130 Å². The molecule has 5 heteroatoms. The number of benzene rings is 1. The molecule has 1 aromatic carbocycles. The van der Waals surface area contributed by atoms with Gasteiger partial charge in [0.05, 0.1) is 0 Å². The fourth-order valence-corrected chi connectivity index (χ4v) is 3.56. The highest BCUT2D eigenvalue weighted by Gasteiger charge is 2.15. The second-order valence-corrected chi connectivity index (χ2v) is 6.82. The molecule has 2 atom stereocenters. The highest BCUT2D eigenvalue weighted by Crippen LogP contribution is 2.22. The second-order valence-electron chi connectivity index (χ2n) is 5.26. The maximum Gasteiger partial charge on any atom is 0.119 e. The van der Waals surface area contributed by atoms with E-state index in [4.69, 9.17) is 16.3 Å². The topological polar surface area (TPSA) is 41.5 Å². The van der Waals surface area contributed by atoms with Crippen molar-refractivity contribution in [3.63, 3.8) is 0 Å². The van der Waals surface area contributed by atoms with Crippen LogP contribution in [0.15, 0.2) is 18.2 Å². The van der Waals surface area contributed by atoms with Crippen LogP contribution in [0.1, 0.15) is 12.0 Å². The van der Waals surface area contributed by atoms with Crippen LogP contribution in [0.25, 0.3) is 0 Å². The number of aliphatic hydroxyl groups excluding tert-OH is 1. The molecule has 0 bridgehead atoms. The lowest BCUT2D eigenvalue weighted by Crippen LogP contribution is -2.34. The van der Waals surface area contributed by atoms with Crippen LogP contribution in [0.4, 0.5) is 0 Å². The summed E-state index contributed by atoms with van der Waals surface area (Å²) in [7, 11) is 0. The first-order chi connectivity index (χ1) is 9.65. The van der Waals surface area contributed by atoms with Crippen LogP contribution in [0.2, 0.25) is 5.02 Å². The fourth-order valence-electron chi connectivity index (χ4n) is 2.16. The lowest BCUT2D eigenvalue weighted by Gasteiger charge is -2.15. The van der Waals surface area contributed by atoms with Crippen LogP contribution in [-0.2, 0) is 0 Å². The molecule has 0 aromatic heterocycles. The number of halogens is 1. The molecule has 20 heavy (non-hydrogen) atoms. The van der Waals surface area contributed by atoms with Crippen molar-refractivity contribution in [1.29, 1.82) is 0 Å². The molecule has 1 aliphatic heterocycles. The molecule has 112 valence electrons. The van der Waals surface area contributed by atoms with E-state index in [9.17, 15) is 5.11 Å². The fraction of sp³-hybridized carbons (Fsp3) is 0.600. The first kappa shape index (κ1) is 16.0. The highest BCUT2D eigenvalue weighted by molar-refractivity contribution is 7.99. The summed E-state index contributed by atoms with van der Waals surface area (Å²) in [4.78, 5) is 0. The first-order valence-corrected chi connectivity index (χ1v) is 8.54. The lowest BCUT2D eigenvalue weighted by atomic mass is 10.1. The number of hydrogen-bond acceptors (Lipinski definition) is 4. The van der Waals surface area contributed by atoms with E-state index in [1.54, 1.807) is 0 Å². The van der Waals surface area contributed by atoms with Crippen LogP contribution in [0.3, 0.4) is 0 Å². The van der Waals surface area contributed by atoms with Gasteiger partial charge in [0.15, 0.2) is 0 Å². The van der Waals surface area contributed by atoms with Gasteiger partial charge in [-0.2, -0.15) is 11.8 Å². The summed E-state index contributed by atoms with van der Waals surface area (Å²) >= 11 is 7.97. The van der Waals surface area contributed by atoms with E-state index < -0.39 is 6.10 Å². The lowest BCUT2D eigenvalue weighted by molar-refractivity contribution is 0.105. The molecular formula is C15H22ClNO2S. The van der Waals surface area contributed by atoms with Gasteiger partial charge >= 0.3 is 0 Å². The van der Waals surface area contributed by atoms with E-state index in [1.807, 2.05) is 36.9 Å². The van der Waals surface area contributed by atoms with Crippen LogP contribution in [0.5, 0.6) is 5.75 Å². The van der Waals surface area contributed by atoms with Crippen molar-refractivity contribution in [2.75, 3.05) is 31.2 Å². The molecule has 3 nitrogen and oxygen atoms in total. The normalized spacial score (nSPS) is 20.1. The number of nitrogens with one attached hydrogen (secondary N) is 1. The quantitative estimate of drug-likeness (QED) is 0.812. The summed E-state index contributed by atoms with van der Waals surface area (Å²) < 4.78 is 5.57. The molecule has 2 N–H and O–H groups in total. The molecule has 0 radical (unpaired) electrons. The first-order valence-electron chi connectivity index (χ1n) is 7.00. The van der Waals surface area contributed by atoms with Crippen molar-refractivity contribution in [3.05, 3.63) is 28.8 Å². The van der Waals surface area contributed by atoms with E-state index in [1.165, 1.54) is 17.9 Å². The number of aliphatic hydroxyl groups is 1. The van der Waals surface area contributed by atoms with E-state index in [-0.39, 0.29) is 0 Å². The van der Waals surface area contributed by atoms with Crippen LogP contribution in [0, 0.1) is 12.8 Å². The second kappa shape index (κ2) is 8.13. The van der Waals surface area contributed by atoms with Crippen molar-refractivity contribution in [1.82, 2.24) is 5.32 Å². The monoisotopic (exact) mass is 315 g/mol. The standard InChI is InChI=1S/C15H22ClNO2S/c1-11-6-14(2-3-15(11)16)19-9-13(18)8-17-7-12-4-5-20-10-12/h2-3,6,12-13,17-18H,4-5,7-10H2,1H3. The summed E-state index contributed by atoms with van der Waals surface area (Å²) in [5, 5.41) is 13.9. The molecule has 2 unspecified atom stereocenters. The van der Waals surface area contributed by atoms with Crippen molar-refractivity contribution < 1.29 is 9.84 Å². The molecule has 1 heterocycles. The molecule has 1 fully saturated rings. The zero-order valence-electron chi connectivity index (χ0n) is 11.8. The Bertz CT molecular complexity index is 424. The van der Waals surface area contributed by atoms with E-state index in [0.29, 0.717) is 13.2 Å². The minimum Gasteiger partial charge on any atom is -0.491 e. The number of hydrogen-bond donors (Lipinski definition) is 2. The molecule has 1 aliphatic rings. The van der Waals surface area contributed by atoms with Gasteiger partial charge in [0.2, 0.25) is 0 Å². The van der Waals surface area contributed by atoms with Gasteiger partial charge < -0.3 is 15.2 Å². The zero-order chi connectivity index (χ0) is 14.4. The number of rotatable bonds is 7. The molecule has 2 rings (SSSR count). The number of aryl methyl sites for hydroxylation is 1. The Morgan fingerprint density at radius 3 is 3.10 bits per heavy atom. The third-order valence-corrected chi connectivity index (χ3v) is 5.06. The van der Waals surface area contributed by atoms with Crippen molar-refractivity contribution in [3.8, 4) is 5.75 Å². The van der Waals surface area contributed by atoms with Gasteiger partial charge in [0.1, 0.15) is 18.5 Å². The van der Waals surface area contributed by atoms with Gasteiger partial charge in [-0.3, -0.25) is 0 Å². The zero-order valence-corrected chi connectivity index (χ0v) is 13.3. The maximum atomic E-state index is 9.89. The number of thioether (sulfide) groups is 1. The van der Waals surface area contributed by atoms with Gasteiger partial charge in [-0.05, 0) is 61.1 Å². The summed E-state index contributed by atoms with van der Waals surface area (Å²) in [6.07, 6.45) is 0.800. The summed E-state index contributed by atoms with van der Waals surface area (Å²) in [6.45, 7) is 3.80. The molecular weight excluding hydrogens is 294 g/mol. The molecule has 0 amide bonds. The minimum absolute atomic E-state index is 0.299. The van der Waals surface area contributed by atoms with E-state index in [0.717, 1.165) is 28.8 Å². The molecule has 1 aromatic rings. The smallest absolute Gasteiger partial charge is 0.119 e. The highest BCUT2D eigenvalue weighted by atomic mass is 35.5. The van der Waals surface area contributed by atoms with Crippen LogP contribution < -0.4 is 10.1 Å². The largest absolute Gasteiger partial charge is 0.491 e. The third kappa shape index (κ3) is 5.17. The Morgan fingerprint density at radius 1 is 1.55 bits per heavy atom. The summed E-state index contributed by atoms with van der Waals surface area (Å²) in [6, 6.07) is 5.53. The average Bonchev–Trinajstić information content (AvgIpc) is 2.93. The molecule has 1 saturated heterocycles.